The van der Waals surface area contributed by atoms with Crippen LogP contribution in [0, 0.1) is 5.92 Å². The molecule has 1 N–H and O–H groups in total. The molecule has 15 heavy (non-hydrogen) atoms. The number of hydrogen-bond donors (Lipinski definition) is 1. The van der Waals surface area contributed by atoms with Crippen LogP contribution in [0.15, 0.2) is 0 Å². The summed E-state index contributed by atoms with van der Waals surface area (Å²) in [6.07, 6.45) is 0.704. The molecule has 2 atom stereocenters. The summed E-state index contributed by atoms with van der Waals surface area (Å²) in [6, 6.07) is -0.0497. The lowest BCUT2D eigenvalue weighted by molar-refractivity contribution is -0.135. The first kappa shape index (κ1) is 11.7. The molecule has 0 spiro atoms. The van der Waals surface area contributed by atoms with Gasteiger partial charge in [0, 0.05) is 25.0 Å². The van der Waals surface area contributed by atoms with E-state index in [1.807, 2.05) is 6.92 Å². The van der Waals surface area contributed by atoms with Gasteiger partial charge in [0.25, 0.3) is 0 Å². The fraction of sp³-hybridized carbons (Fsp3) is 0.700. The first-order chi connectivity index (χ1) is 7.04. The molecule has 0 aromatic rings. The van der Waals surface area contributed by atoms with Crippen LogP contribution in [-0.4, -0.2) is 42.1 Å². The van der Waals surface area contributed by atoms with Crippen molar-refractivity contribution >= 4 is 18.1 Å². The standard InChI is InChI=1S/C10H16N2O3/c1-7(6-13)5-12-8(2)4-11-9(14)3-10(12)15/h6-8H,3-5H2,1-2H3,(H,11,14). The quantitative estimate of drug-likeness (QED) is 0.509. The van der Waals surface area contributed by atoms with E-state index in [9.17, 15) is 14.4 Å². The zero-order chi connectivity index (χ0) is 11.4. The van der Waals surface area contributed by atoms with Crippen LogP contribution in [0.25, 0.3) is 0 Å². The van der Waals surface area contributed by atoms with Crippen molar-refractivity contribution in [2.24, 2.45) is 5.92 Å². The first-order valence-corrected chi connectivity index (χ1v) is 5.06. The van der Waals surface area contributed by atoms with E-state index in [-0.39, 0.29) is 30.2 Å². The second-order valence-corrected chi connectivity index (χ2v) is 3.99. The van der Waals surface area contributed by atoms with Crippen molar-refractivity contribution in [2.75, 3.05) is 13.1 Å². The topological polar surface area (TPSA) is 66.5 Å². The Hall–Kier alpha value is -1.39. The van der Waals surface area contributed by atoms with Crippen molar-refractivity contribution in [3.05, 3.63) is 0 Å². The minimum Gasteiger partial charge on any atom is -0.354 e. The van der Waals surface area contributed by atoms with E-state index in [2.05, 4.69) is 5.32 Å². The highest BCUT2D eigenvalue weighted by Crippen LogP contribution is 2.08. The summed E-state index contributed by atoms with van der Waals surface area (Å²) in [4.78, 5) is 34.9. The minimum absolute atomic E-state index is 0.0497. The van der Waals surface area contributed by atoms with Gasteiger partial charge in [-0.15, -0.1) is 0 Å². The van der Waals surface area contributed by atoms with Gasteiger partial charge in [0.15, 0.2) is 0 Å². The van der Waals surface area contributed by atoms with Crippen LogP contribution < -0.4 is 5.32 Å². The molecule has 1 aliphatic heterocycles. The van der Waals surface area contributed by atoms with Gasteiger partial charge < -0.3 is 15.0 Å². The van der Waals surface area contributed by atoms with E-state index in [0.29, 0.717) is 13.1 Å². The second-order valence-electron chi connectivity index (χ2n) is 3.99. The van der Waals surface area contributed by atoms with Crippen LogP contribution >= 0.6 is 0 Å². The average molecular weight is 212 g/mol. The smallest absolute Gasteiger partial charge is 0.232 e. The molecule has 0 bridgehead atoms. The van der Waals surface area contributed by atoms with Gasteiger partial charge >= 0.3 is 0 Å². The first-order valence-electron chi connectivity index (χ1n) is 5.06. The molecular weight excluding hydrogens is 196 g/mol. The number of nitrogens with one attached hydrogen (secondary N) is 1. The molecule has 0 saturated carbocycles. The van der Waals surface area contributed by atoms with Crippen molar-refractivity contribution in [2.45, 2.75) is 26.3 Å². The zero-order valence-corrected chi connectivity index (χ0v) is 9.03. The van der Waals surface area contributed by atoms with Gasteiger partial charge in [-0.25, -0.2) is 0 Å². The van der Waals surface area contributed by atoms with Crippen molar-refractivity contribution in [1.29, 1.82) is 0 Å². The van der Waals surface area contributed by atoms with Gasteiger partial charge in [-0.2, -0.15) is 0 Å². The van der Waals surface area contributed by atoms with Gasteiger partial charge in [0.2, 0.25) is 11.8 Å². The van der Waals surface area contributed by atoms with Crippen LogP contribution in [0.4, 0.5) is 0 Å². The van der Waals surface area contributed by atoms with E-state index in [0.717, 1.165) is 6.29 Å². The molecular formula is C10H16N2O3. The Balaban J connectivity index is 2.70. The summed E-state index contributed by atoms with van der Waals surface area (Å²) >= 11 is 0. The maximum atomic E-state index is 11.6. The number of nitrogens with zero attached hydrogens (tertiary/aromatic N) is 1. The third-order valence-corrected chi connectivity index (χ3v) is 2.48. The van der Waals surface area contributed by atoms with Crippen molar-refractivity contribution in [3.8, 4) is 0 Å². The molecule has 1 fully saturated rings. The molecule has 0 radical (unpaired) electrons. The molecule has 84 valence electrons. The van der Waals surface area contributed by atoms with Crippen molar-refractivity contribution in [1.82, 2.24) is 10.2 Å². The van der Waals surface area contributed by atoms with Gasteiger partial charge in [-0.3, -0.25) is 9.59 Å². The molecule has 1 rings (SSSR count). The molecule has 0 aromatic carbocycles. The van der Waals surface area contributed by atoms with Gasteiger partial charge in [0.05, 0.1) is 0 Å². The Morgan fingerprint density at radius 2 is 2.27 bits per heavy atom. The lowest BCUT2D eigenvalue weighted by Crippen LogP contribution is -2.43. The fourth-order valence-electron chi connectivity index (χ4n) is 1.55. The van der Waals surface area contributed by atoms with E-state index in [1.54, 1.807) is 11.8 Å². The molecule has 1 saturated heterocycles. The molecule has 1 heterocycles. The summed E-state index contributed by atoms with van der Waals surface area (Å²) in [5, 5.41) is 2.66. The number of hydrogen-bond acceptors (Lipinski definition) is 3. The third-order valence-electron chi connectivity index (χ3n) is 2.48. The number of carbonyl (C=O) groups excluding carboxylic acids is 3. The summed E-state index contributed by atoms with van der Waals surface area (Å²) in [5.74, 6) is -0.635. The average Bonchev–Trinajstić information content (AvgIpc) is 2.31. The maximum absolute atomic E-state index is 11.6. The minimum atomic E-state index is -0.242. The second kappa shape index (κ2) is 4.91. The zero-order valence-electron chi connectivity index (χ0n) is 9.03. The molecule has 0 aliphatic carbocycles. The van der Waals surface area contributed by atoms with Gasteiger partial charge in [0.1, 0.15) is 12.7 Å². The largest absolute Gasteiger partial charge is 0.354 e. The molecule has 5 nitrogen and oxygen atoms in total. The Labute approximate surface area is 88.8 Å². The number of rotatable bonds is 3. The highest BCUT2D eigenvalue weighted by Gasteiger charge is 2.27. The van der Waals surface area contributed by atoms with E-state index in [1.165, 1.54) is 0 Å². The summed E-state index contributed by atoms with van der Waals surface area (Å²) < 4.78 is 0. The third kappa shape index (κ3) is 3.04. The summed E-state index contributed by atoms with van der Waals surface area (Å²) in [7, 11) is 0. The highest BCUT2D eigenvalue weighted by molar-refractivity contribution is 5.97. The van der Waals surface area contributed by atoms with Crippen LogP contribution in [-0.2, 0) is 14.4 Å². The van der Waals surface area contributed by atoms with Crippen molar-refractivity contribution in [3.63, 3.8) is 0 Å². The lowest BCUT2D eigenvalue weighted by Gasteiger charge is -2.27. The maximum Gasteiger partial charge on any atom is 0.232 e. The van der Waals surface area contributed by atoms with E-state index < -0.39 is 0 Å². The monoisotopic (exact) mass is 212 g/mol. The molecule has 1 aliphatic rings. The Morgan fingerprint density at radius 3 is 2.87 bits per heavy atom. The van der Waals surface area contributed by atoms with Crippen LogP contribution in [0.5, 0.6) is 0 Å². The predicted molar refractivity (Wildman–Crippen MR) is 54.0 cm³/mol. The number of amides is 2. The van der Waals surface area contributed by atoms with Crippen LogP contribution in [0.3, 0.4) is 0 Å². The summed E-state index contributed by atoms with van der Waals surface area (Å²) in [5.41, 5.74) is 0. The number of carbonyl (C=O) groups is 3. The fourth-order valence-corrected chi connectivity index (χ4v) is 1.55. The van der Waals surface area contributed by atoms with E-state index >= 15 is 0 Å². The Kier molecular flexibility index (Phi) is 3.82. The Morgan fingerprint density at radius 1 is 1.60 bits per heavy atom. The van der Waals surface area contributed by atoms with Crippen LogP contribution in [0.1, 0.15) is 20.3 Å². The Bertz CT molecular complexity index is 278. The SMILES string of the molecule is CC(C=O)CN1C(=O)CC(=O)NCC1C. The molecule has 0 aromatic heterocycles. The van der Waals surface area contributed by atoms with E-state index in [4.69, 9.17) is 0 Å². The lowest BCUT2D eigenvalue weighted by atomic mass is 10.1. The molecule has 2 unspecified atom stereocenters. The normalized spacial score (nSPS) is 24.4. The molecule has 2 amide bonds. The van der Waals surface area contributed by atoms with Gasteiger partial charge in [-0.1, -0.05) is 6.92 Å². The number of aldehydes is 1. The van der Waals surface area contributed by atoms with Crippen molar-refractivity contribution < 1.29 is 14.4 Å². The van der Waals surface area contributed by atoms with Crippen LogP contribution in [0.2, 0.25) is 0 Å². The predicted octanol–water partition coefficient (Wildman–Crippen LogP) is -0.442. The summed E-state index contributed by atoms with van der Waals surface area (Å²) in [6.45, 7) is 4.46. The molecule has 5 heteroatoms. The van der Waals surface area contributed by atoms with Gasteiger partial charge in [-0.05, 0) is 6.92 Å². The highest BCUT2D eigenvalue weighted by atomic mass is 16.2.